The molecule has 2 aromatic carbocycles. The van der Waals surface area contributed by atoms with Crippen LogP contribution in [-0.2, 0) is 0 Å². The molecule has 0 spiro atoms. The number of aryl methyl sites for hydroxylation is 1. The van der Waals surface area contributed by atoms with Gasteiger partial charge in [0.25, 0.3) is 0 Å². The van der Waals surface area contributed by atoms with Gasteiger partial charge in [-0.2, -0.15) is 0 Å². The van der Waals surface area contributed by atoms with Gasteiger partial charge in [-0.3, -0.25) is 0 Å². The van der Waals surface area contributed by atoms with Crippen LogP contribution in [0.1, 0.15) is 24.5 Å². The number of halogens is 1. The Morgan fingerprint density at radius 3 is 2.63 bits per heavy atom. The lowest BCUT2D eigenvalue weighted by molar-refractivity contribution is 0.719. The first kappa shape index (κ1) is 14.9. The fraction of sp³-hybridized carbons (Fsp3) is 0.294. The first-order valence-corrected chi connectivity index (χ1v) is 7.60. The van der Waals surface area contributed by atoms with Crippen LogP contribution in [0.3, 0.4) is 0 Å². The van der Waals surface area contributed by atoms with Crippen LogP contribution in [-0.4, -0.2) is 5.75 Å². The maximum absolute atomic E-state index is 2.45. The second kappa shape index (κ2) is 6.31. The first-order chi connectivity index (χ1) is 8.76. The highest BCUT2D eigenvalue weighted by Crippen LogP contribution is 2.38. The largest absolute Gasteiger partial charge is 0.125 e. The molecule has 1 atom stereocenters. The second-order valence-electron chi connectivity index (χ2n) is 5.08. The quantitative estimate of drug-likeness (QED) is 0.585. The van der Waals surface area contributed by atoms with E-state index < -0.39 is 0 Å². The van der Waals surface area contributed by atoms with Crippen molar-refractivity contribution < 1.29 is 0 Å². The van der Waals surface area contributed by atoms with Gasteiger partial charge < -0.3 is 0 Å². The Morgan fingerprint density at radius 1 is 1.11 bits per heavy atom. The molecule has 1 unspecified atom stereocenters. The van der Waals surface area contributed by atoms with Crippen molar-refractivity contribution in [2.24, 2.45) is 5.92 Å². The molecule has 3 rings (SSSR count). The third kappa shape index (κ3) is 3.16. The number of hydrogen-bond donors (Lipinski definition) is 0. The lowest BCUT2D eigenvalue weighted by Crippen LogP contribution is -1.90. The molecular formula is C17H19IS. The summed E-state index contributed by atoms with van der Waals surface area (Å²) in [6.45, 7) is 4.43. The topological polar surface area (TPSA) is 0 Å². The van der Waals surface area contributed by atoms with Gasteiger partial charge in [0, 0.05) is 10.7 Å². The van der Waals surface area contributed by atoms with Crippen molar-refractivity contribution in [3.8, 4) is 0 Å². The number of hydrogen-bond acceptors (Lipinski definition) is 1. The molecule has 19 heavy (non-hydrogen) atoms. The van der Waals surface area contributed by atoms with Gasteiger partial charge in [-0.25, -0.2) is 0 Å². The smallest absolute Gasteiger partial charge is 0.0108 e. The van der Waals surface area contributed by atoms with Gasteiger partial charge in [0.15, 0.2) is 0 Å². The fourth-order valence-electron chi connectivity index (χ4n) is 2.44. The van der Waals surface area contributed by atoms with Crippen LogP contribution in [0.15, 0.2) is 42.5 Å². The molecule has 0 aromatic heterocycles. The molecule has 0 saturated carbocycles. The normalized spacial score (nSPS) is 18.2. The van der Waals surface area contributed by atoms with E-state index in [4.69, 9.17) is 0 Å². The van der Waals surface area contributed by atoms with E-state index in [0.29, 0.717) is 0 Å². The zero-order chi connectivity index (χ0) is 12.5. The summed E-state index contributed by atoms with van der Waals surface area (Å²) in [7, 11) is 0. The molecule has 0 radical (unpaired) electrons. The summed E-state index contributed by atoms with van der Waals surface area (Å²) in [5.41, 5.74) is 2.72. The van der Waals surface area contributed by atoms with E-state index in [0.717, 1.165) is 5.92 Å². The van der Waals surface area contributed by atoms with E-state index in [1.807, 2.05) is 11.8 Å². The fourth-order valence-corrected chi connectivity index (χ4v) is 3.75. The average molecular weight is 382 g/mol. The van der Waals surface area contributed by atoms with Gasteiger partial charge in [-0.15, -0.1) is 35.7 Å². The van der Waals surface area contributed by atoms with Crippen LogP contribution in [0.2, 0.25) is 0 Å². The molecule has 0 aliphatic carbocycles. The summed E-state index contributed by atoms with van der Waals surface area (Å²) in [5, 5.41) is 2.69. The zero-order valence-corrected chi connectivity index (χ0v) is 14.5. The van der Waals surface area contributed by atoms with E-state index in [1.54, 1.807) is 0 Å². The van der Waals surface area contributed by atoms with Crippen molar-refractivity contribution in [2.45, 2.75) is 20.3 Å². The molecule has 2 heteroatoms. The van der Waals surface area contributed by atoms with E-state index in [2.05, 4.69) is 56.3 Å². The van der Waals surface area contributed by atoms with Gasteiger partial charge in [-0.05, 0) is 41.7 Å². The summed E-state index contributed by atoms with van der Waals surface area (Å²) < 4.78 is 0. The molecule has 0 bridgehead atoms. The Labute approximate surface area is 136 Å². The molecule has 0 nitrogen and oxygen atoms in total. The number of allylic oxidation sites excluding steroid dienone is 1. The Balaban J connectivity index is 0.00000133. The van der Waals surface area contributed by atoms with E-state index in [9.17, 15) is 0 Å². The predicted molar refractivity (Wildman–Crippen MR) is 98.3 cm³/mol. The molecule has 1 aliphatic heterocycles. The van der Waals surface area contributed by atoms with Crippen LogP contribution in [0.4, 0.5) is 0 Å². The lowest BCUT2D eigenvalue weighted by atomic mass is 10.0. The average Bonchev–Trinajstić information content (AvgIpc) is 2.86. The summed E-state index contributed by atoms with van der Waals surface area (Å²) in [4.78, 5) is 1.46. The van der Waals surface area contributed by atoms with Crippen LogP contribution in [0.5, 0.6) is 0 Å². The highest BCUT2D eigenvalue weighted by molar-refractivity contribution is 14.0. The minimum Gasteiger partial charge on any atom is -0.125 e. The van der Waals surface area contributed by atoms with Crippen molar-refractivity contribution >= 4 is 51.4 Å². The molecule has 1 aliphatic rings. The molecule has 0 N–H and O–H groups in total. The predicted octanol–water partition coefficient (Wildman–Crippen LogP) is 5.88. The van der Waals surface area contributed by atoms with Gasteiger partial charge in [0.2, 0.25) is 0 Å². The summed E-state index contributed by atoms with van der Waals surface area (Å²) >= 11 is 2.00. The van der Waals surface area contributed by atoms with Crippen molar-refractivity contribution in [1.82, 2.24) is 0 Å². The SMILES string of the molecule is CCC1C=C(c2ccc3ccc(C)cc3c2)SC1.I. The second-order valence-corrected chi connectivity index (χ2v) is 6.14. The number of thioether (sulfide) groups is 1. The number of rotatable bonds is 2. The van der Waals surface area contributed by atoms with Crippen LogP contribution >= 0.6 is 35.7 Å². The molecule has 1 heterocycles. The molecule has 2 aromatic rings. The molecule has 100 valence electrons. The van der Waals surface area contributed by atoms with Crippen LogP contribution in [0.25, 0.3) is 15.7 Å². The van der Waals surface area contributed by atoms with Crippen LogP contribution < -0.4 is 0 Å². The van der Waals surface area contributed by atoms with Gasteiger partial charge in [-0.1, -0.05) is 48.9 Å². The highest BCUT2D eigenvalue weighted by Gasteiger charge is 2.16. The Kier molecular flexibility index (Phi) is 4.96. The maximum atomic E-state index is 2.45. The zero-order valence-electron chi connectivity index (χ0n) is 11.3. The Hall–Kier alpha value is -0.480. The van der Waals surface area contributed by atoms with Gasteiger partial charge >= 0.3 is 0 Å². The summed E-state index contributed by atoms with van der Waals surface area (Å²) in [5.74, 6) is 2.01. The summed E-state index contributed by atoms with van der Waals surface area (Å²) in [6.07, 6.45) is 3.70. The maximum Gasteiger partial charge on any atom is 0.0108 e. The van der Waals surface area contributed by atoms with Crippen molar-refractivity contribution in [2.75, 3.05) is 5.75 Å². The Bertz CT molecular complexity index is 616. The third-order valence-electron chi connectivity index (χ3n) is 3.64. The third-order valence-corrected chi connectivity index (χ3v) is 4.92. The standard InChI is InChI=1S/C17H18S.HI/c1-3-13-9-17(18-11-13)15-7-6-14-5-4-12(2)8-16(14)10-15;/h4-10,13H,3,11H2,1-2H3;1H. The molecule has 0 saturated heterocycles. The summed E-state index contributed by atoms with van der Waals surface area (Å²) in [6, 6.07) is 13.5. The minimum absolute atomic E-state index is 0. The monoisotopic (exact) mass is 382 g/mol. The Morgan fingerprint density at radius 2 is 1.89 bits per heavy atom. The van der Waals surface area contributed by atoms with Crippen LogP contribution in [0, 0.1) is 12.8 Å². The van der Waals surface area contributed by atoms with Gasteiger partial charge in [0.05, 0.1) is 0 Å². The van der Waals surface area contributed by atoms with E-state index in [-0.39, 0.29) is 24.0 Å². The number of benzene rings is 2. The van der Waals surface area contributed by atoms with Crippen molar-refractivity contribution in [3.63, 3.8) is 0 Å². The van der Waals surface area contributed by atoms with Crippen molar-refractivity contribution in [3.05, 3.63) is 53.6 Å². The lowest BCUT2D eigenvalue weighted by Gasteiger charge is -2.05. The first-order valence-electron chi connectivity index (χ1n) is 6.61. The molecule has 0 fully saturated rings. The van der Waals surface area contributed by atoms with Crippen molar-refractivity contribution in [1.29, 1.82) is 0 Å². The van der Waals surface area contributed by atoms with Gasteiger partial charge in [0.1, 0.15) is 0 Å². The molecule has 0 amide bonds. The molecular weight excluding hydrogens is 363 g/mol. The van der Waals surface area contributed by atoms with E-state index in [1.165, 1.54) is 39.0 Å². The van der Waals surface area contributed by atoms with E-state index >= 15 is 0 Å². The number of fused-ring (bicyclic) bond motifs is 1. The minimum atomic E-state index is 0. The highest BCUT2D eigenvalue weighted by atomic mass is 127.